The number of non-ortho nitro benzene ring substituents is 1. The highest BCUT2D eigenvalue weighted by Gasteiger charge is 2.15. The molecule has 2 aromatic heterocycles. The van der Waals surface area contributed by atoms with E-state index in [9.17, 15) is 20.2 Å². The molecule has 4 aromatic rings. The number of anilines is 3. The smallest absolute Gasteiger partial charge is 0.271 e. The van der Waals surface area contributed by atoms with Crippen molar-refractivity contribution in [2.75, 3.05) is 16.4 Å². The fourth-order valence-electron chi connectivity index (χ4n) is 2.82. The van der Waals surface area contributed by atoms with E-state index in [1.165, 1.54) is 23.9 Å². The highest BCUT2D eigenvalue weighted by molar-refractivity contribution is 7.99. The number of nitrogens with one attached hydrogen (secondary N) is 3. The first-order chi connectivity index (χ1) is 15.5. The summed E-state index contributed by atoms with van der Waals surface area (Å²) in [7, 11) is 0. The first-order valence-electron chi connectivity index (χ1n) is 9.25. The van der Waals surface area contributed by atoms with Gasteiger partial charge in [0.2, 0.25) is 5.91 Å². The van der Waals surface area contributed by atoms with E-state index in [0.29, 0.717) is 32.6 Å². The number of nitrogens with zero attached hydrogens (tertiary/aromatic N) is 4. The van der Waals surface area contributed by atoms with Crippen LogP contribution in [0.5, 0.6) is 0 Å². The van der Waals surface area contributed by atoms with Crippen molar-refractivity contribution < 1.29 is 9.72 Å². The summed E-state index contributed by atoms with van der Waals surface area (Å²) in [4.78, 5) is 34.8. The van der Waals surface area contributed by atoms with Gasteiger partial charge in [-0.25, -0.2) is 9.97 Å². The van der Waals surface area contributed by atoms with Crippen LogP contribution in [-0.4, -0.2) is 31.5 Å². The van der Waals surface area contributed by atoms with E-state index in [0.717, 1.165) is 17.0 Å². The Kier molecular flexibility index (Phi) is 6.29. The fraction of sp³-hybridized carbons (Fsp3) is 0.100. The van der Waals surface area contributed by atoms with Crippen LogP contribution in [0.3, 0.4) is 0 Å². The Labute approximate surface area is 189 Å². The Hall–Kier alpha value is -3.95. The number of carbonyl (C=O) groups excluding carboxylic acids is 1. The van der Waals surface area contributed by atoms with Gasteiger partial charge in [-0.3, -0.25) is 14.9 Å². The second-order valence-electron chi connectivity index (χ2n) is 6.48. The molecule has 0 aliphatic carbocycles. The van der Waals surface area contributed by atoms with Gasteiger partial charge < -0.3 is 15.6 Å². The first-order valence-corrected chi connectivity index (χ1v) is 11.2. The zero-order chi connectivity index (χ0) is 22.5. The average Bonchev–Trinajstić information content (AvgIpc) is 3.36. The molecule has 2 aromatic carbocycles. The van der Waals surface area contributed by atoms with Gasteiger partial charge in [-0.2, -0.15) is 5.26 Å². The third-order valence-corrected chi connectivity index (χ3v) is 6.03. The summed E-state index contributed by atoms with van der Waals surface area (Å²) >= 11 is 2.47. The van der Waals surface area contributed by atoms with Crippen LogP contribution in [0.25, 0.3) is 11.0 Å². The molecule has 0 aliphatic heterocycles. The van der Waals surface area contributed by atoms with Crippen LogP contribution in [0, 0.1) is 21.4 Å². The molecule has 0 bridgehead atoms. The van der Waals surface area contributed by atoms with Gasteiger partial charge >= 0.3 is 0 Å². The minimum absolute atomic E-state index is 0.0163. The number of hydrogen-bond acceptors (Lipinski definition) is 9. The van der Waals surface area contributed by atoms with Crippen LogP contribution in [0.2, 0.25) is 0 Å². The topological polar surface area (TPSA) is 150 Å². The molecule has 12 heteroatoms. The molecular formula is C20H15N7O3S2. The SMILES string of the molecule is N#Cc1sc(Nc2ccccc2)nc1NC(=O)CSCc1nc2ccc([N+](=O)[O-])cc2[nH]1. The molecular weight excluding hydrogens is 450 g/mol. The number of aromatic nitrogens is 3. The largest absolute Gasteiger partial charge is 0.341 e. The minimum atomic E-state index is -0.464. The molecule has 0 aliphatic rings. The number of benzene rings is 2. The lowest BCUT2D eigenvalue weighted by molar-refractivity contribution is -0.384. The van der Waals surface area contributed by atoms with Crippen molar-refractivity contribution in [3.63, 3.8) is 0 Å². The first kappa shape index (κ1) is 21.3. The molecule has 4 rings (SSSR count). The summed E-state index contributed by atoms with van der Waals surface area (Å²) in [5.41, 5.74) is 2.00. The van der Waals surface area contributed by atoms with Gasteiger partial charge in [0.15, 0.2) is 15.8 Å². The van der Waals surface area contributed by atoms with Crippen molar-refractivity contribution in [3.05, 3.63) is 69.3 Å². The highest BCUT2D eigenvalue weighted by atomic mass is 32.2. The molecule has 1 amide bonds. The normalized spacial score (nSPS) is 10.6. The number of thiazole rings is 1. The molecule has 0 saturated heterocycles. The van der Waals surface area contributed by atoms with E-state index in [4.69, 9.17) is 0 Å². The number of imidazole rings is 1. The van der Waals surface area contributed by atoms with Gasteiger partial charge in [-0.1, -0.05) is 29.5 Å². The standard InChI is InChI=1S/C20H15N7O3S2/c21-9-16-19(26-20(32-16)22-12-4-2-1-3-5-12)25-18(28)11-31-10-17-23-14-7-6-13(27(29)30)8-15(14)24-17/h1-8H,10-11H2,(H,22,26)(H,23,24)(H,25,28). The Morgan fingerprint density at radius 3 is 2.81 bits per heavy atom. The zero-order valence-electron chi connectivity index (χ0n) is 16.4. The molecule has 0 atom stereocenters. The van der Waals surface area contributed by atoms with E-state index in [1.807, 2.05) is 36.4 Å². The van der Waals surface area contributed by atoms with Gasteiger partial charge in [0.25, 0.3) is 5.69 Å². The van der Waals surface area contributed by atoms with Crippen LogP contribution < -0.4 is 10.6 Å². The van der Waals surface area contributed by atoms with E-state index in [1.54, 1.807) is 6.07 Å². The maximum atomic E-state index is 12.3. The summed E-state index contributed by atoms with van der Waals surface area (Å²) in [6.07, 6.45) is 0. The van der Waals surface area contributed by atoms with Crippen molar-refractivity contribution in [3.8, 4) is 6.07 Å². The van der Waals surface area contributed by atoms with Crippen LogP contribution in [-0.2, 0) is 10.5 Å². The molecule has 32 heavy (non-hydrogen) atoms. The number of hydrogen-bond donors (Lipinski definition) is 3. The molecule has 160 valence electrons. The number of nitro groups is 1. The summed E-state index contributed by atoms with van der Waals surface area (Å²) in [5.74, 6) is 1.08. The van der Waals surface area contributed by atoms with Crippen LogP contribution in [0.1, 0.15) is 10.7 Å². The minimum Gasteiger partial charge on any atom is -0.341 e. The molecule has 0 fully saturated rings. The molecule has 3 N–H and O–H groups in total. The zero-order valence-corrected chi connectivity index (χ0v) is 18.0. The number of carbonyl (C=O) groups is 1. The van der Waals surface area contributed by atoms with Gasteiger partial charge in [0.1, 0.15) is 11.9 Å². The summed E-state index contributed by atoms with van der Waals surface area (Å²) in [6, 6.07) is 15.9. The number of fused-ring (bicyclic) bond motifs is 1. The van der Waals surface area contributed by atoms with Gasteiger partial charge in [-0.15, -0.1) is 11.8 Å². The fourth-order valence-corrected chi connectivity index (χ4v) is 4.25. The Balaban J connectivity index is 1.33. The van der Waals surface area contributed by atoms with Crippen LogP contribution in [0.4, 0.5) is 22.3 Å². The Bertz CT molecular complexity index is 1330. The van der Waals surface area contributed by atoms with Crippen LogP contribution >= 0.6 is 23.1 Å². The molecule has 2 heterocycles. The van der Waals surface area contributed by atoms with Gasteiger partial charge in [-0.05, 0) is 18.2 Å². The lowest BCUT2D eigenvalue weighted by atomic mass is 10.3. The number of nitro benzene ring substituents is 1. The van der Waals surface area contributed by atoms with Crippen molar-refractivity contribution in [2.24, 2.45) is 0 Å². The maximum Gasteiger partial charge on any atom is 0.271 e. The van der Waals surface area contributed by atoms with Crippen LogP contribution in [0.15, 0.2) is 48.5 Å². The number of H-pyrrole nitrogens is 1. The lowest BCUT2D eigenvalue weighted by Gasteiger charge is -2.02. The number of amides is 1. The summed E-state index contributed by atoms with van der Waals surface area (Å²) in [6.45, 7) is 0. The number of aromatic amines is 1. The third-order valence-electron chi connectivity index (χ3n) is 4.21. The van der Waals surface area contributed by atoms with Crippen molar-refractivity contribution in [1.82, 2.24) is 15.0 Å². The van der Waals surface area contributed by atoms with E-state index in [2.05, 4.69) is 25.6 Å². The van der Waals surface area contributed by atoms with Crippen molar-refractivity contribution in [2.45, 2.75) is 5.75 Å². The molecule has 0 spiro atoms. The molecule has 0 radical (unpaired) electrons. The molecule has 0 saturated carbocycles. The van der Waals surface area contributed by atoms with E-state index < -0.39 is 4.92 Å². The monoisotopic (exact) mass is 465 g/mol. The summed E-state index contributed by atoms with van der Waals surface area (Å²) in [5, 5.41) is 26.5. The Morgan fingerprint density at radius 2 is 2.06 bits per heavy atom. The second kappa shape index (κ2) is 9.46. The van der Waals surface area contributed by atoms with E-state index in [-0.39, 0.29) is 23.2 Å². The Morgan fingerprint density at radius 1 is 1.25 bits per heavy atom. The predicted octanol–water partition coefficient (Wildman–Crippen LogP) is 4.41. The van der Waals surface area contributed by atoms with Crippen molar-refractivity contribution >= 4 is 62.4 Å². The number of rotatable bonds is 8. The van der Waals surface area contributed by atoms with E-state index >= 15 is 0 Å². The van der Waals surface area contributed by atoms with Gasteiger partial charge in [0, 0.05) is 17.8 Å². The van der Waals surface area contributed by atoms with Gasteiger partial charge in [0.05, 0.1) is 27.5 Å². The van der Waals surface area contributed by atoms with Crippen molar-refractivity contribution in [1.29, 1.82) is 5.26 Å². The predicted molar refractivity (Wildman–Crippen MR) is 124 cm³/mol. The quantitative estimate of drug-likeness (QED) is 0.256. The maximum absolute atomic E-state index is 12.3. The summed E-state index contributed by atoms with van der Waals surface area (Å²) < 4.78 is 0. The third kappa shape index (κ3) is 5.02. The number of nitriles is 1. The number of para-hydroxylation sites is 1. The molecule has 10 nitrogen and oxygen atoms in total. The second-order valence-corrected chi connectivity index (χ2v) is 8.47. The average molecular weight is 466 g/mol. The lowest BCUT2D eigenvalue weighted by Crippen LogP contribution is -2.15. The molecule has 0 unspecified atom stereocenters. The highest BCUT2D eigenvalue weighted by Crippen LogP contribution is 2.29. The number of thioether (sulfide) groups is 1.